The molecule has 0 saturated carbocycles. The zero-order valence-corrected chi connectivity index (χ0v) is 51.3. The minimum absolute atomic E-state index is 0.149. The fourth-order valence-corrected chi connectivity index (χ4v) is 10.8. The van der Waals surface area contributed by atoms with E-state index in [-0.39, 0.29) is 45.2 Å². The molecule has 0 radical (unpaired) electrons. The number of unbranched alkanes of at least 4 members (excludes halogenated alkanes) is 32. The largest absolute Gasteiger partial charge is 0.352 e. The molecule has 0 aliphatic rings. The zero-order chi connectivity index (χ0) is 56.7. The van der Waals surface area contributed by atoms with E-state index in [2.05, 4.69) is 62.8 Å². The van der Waals surface area contributed by atoms with Crippen molar-refractivity contribution in [3.05, 3.63) is 69.8 Å². The molecule has 4 N–H and O–H groups in total. The molecule has 4 amide bonds. The first-order chi connectivity index (χ1) is 38.1. The first-order valence-corrected chi connectivity index (χ1v) is 33.1. The Bertz CT molecular complexity index is 1750. The van der Waals surface area contributed by atoms with Gasteiger partial charge in [-0.2, -0.15) is 0 Å². The summed E-state index contributed by atoms with van der Waals surface area (Å²) in [6.07, 6.45) is 49.1. The molecular weight excluding hydrogens is 965 g/mol. The van der Waals surface area contributed by atoms with E-state index >= 15 is 0 Å². The van der Waals surface area contributed by atoms with Crippen molar-refractivity contribution in [1.82, 2.24) is 21.3 Å². The van der Waals surface area contributed by atoms with Crippen LogP contribution in [-0.4, -0.2) is 55.6 Å². The van der Waals surface area contributed by atoms with Gasteiger partial charge in [-0.1, -0.05) is 285 Å². The Morgan fingerprint density at radius 1 is 0.308 bits per heavy atom. The maximum atomic E-state index is 14.4. The fourth-order valence-electron chi connectivity index (χ4n) is 10.8. The Morgan fingerprint density at radius 3 is 0.833 bits per heavy atom. The highest BCUT2D eigenvalue weighted by Gasteiger charge is 2.24. The van der Waals surface area contributed by atoms with Gasteiger partial charge in [0, 0.05) is 37.3 Å². The number of amides is 4. The van der Waals surface area contributed by atoms with Gasteiger partial charge < -0.3 is 21.3 Å². The molecule has 2 aromatic carbocycles. The van der Waals surface area contributed by atoms with Gasteiger partial charge in [0.1, 0.15) is 0 Å². The zero-order valence-electron chi connectivity index (χ0n) is 51.3. The van der Waals surface area contributed by atoms with Gasteiger partial charge in [-0.05, 0) is 61.8 Å². The number of hydrogen-bond donors (Lipinski definition) is 4. The molecule has 9 heteroatoms. The molecule has 9 nitrogen and oxygen atoms in total. The number of benzene rings is 2. The Labute approximate surface area is 478 Å². The molecule has 0 heterocycles. The van der Waals surface area contributed by atoms with Gasteiger partial charge >= 0.3 is 0 Å². The minimum atomic E-state index is -0.401. The topological polar surface area (TPSA) is 133 Å². The molecule has 0 bridgehead atoms. The third-order valence-corrected chi connectivity index (χ3v) is 16.4. The van der Waals surface area contributed by atoms with Gasteiger partial charge in [0.15, 0.2) is 5.78 Å². The molecule has 0 aliphatic heterocycles. The maximum Gasteiger partial charge on any atom is 0.252 e. The lowest BCUT2D eigenvalue weighted by molar-refractivity contribution is 0.0914. The van der Waals surface area contributed by atoms with Crippen molar-refractivity contribution in [1.29, 1.82) is 0 Å². The minimum Gasteiger partial charge on any atom is -0.352 e. The Morgan fingerprint density at radius 2 is 0.564 bits per heavy atom. The van der Waals surface area contributed by atoms with Crippen molar-refractivity contribution in [2.24, 2.45) is 11.8 Å². The number of ketones is 1. The fraction of sp³-hybridized carbons (Fsp3) is 0.754. The van der Waals surface area contributed by atoms with Crippen LogP contribution in [0.5, 0.6) is 0 Å². The normalized spacial score (nSPS) is 12.1. The van der Waals surface area contributed by atoms with Crippen LogP contribution in [0, 0.1) is 11.8 Å². The summed E-state index contributed by atoms with van der Waals surface area (Å²) < 4.78 is 0. The molecule has 0 aromatic heterocycles. The van der Waals surface area contributed by atoms with Crippen LogP contribution in [0.4, 0.5) is 0 Å². The van der Waals surface area contributed by atoms with Crippen molar-refractivity contribution < 1.29 is 24.0 Å². The van der Waals surface area contributed by atoms with E-state index in [0.29, 0.717) is 38.0 Å². The molecule has 2 atom stereocenters. The second-order valence-electron chi connectivity index (χ2n) is 23.2. The maximum absolute atomic E-state index is 14.4. The highest BCUT2D eigenvalue weighted by Crippen LogP contribution is 2.22. The lowest BCUT2D eigenvalue weighted by Crippen LogP contribution is -2.33. The van der Waals surface area contributed by atoms with Crippen LogP contribution in [0.25, 0.3) is 0 Å². The predicted octanol–water partition coefficient (Wildman–Crippen LogP) is 18.8. The second-order valence-corrected chi connectivity index (χ2v) is 23.2. The number of carbonyl (C=O) groups is 5. The summed E-state index contributed by atoms with van der Waals surface area (Å²) in [6, 6.07) is 9.38. The van der Waals surface area contributed by atoms with Crippen molar-refractivity contribution in [2.45, 2.75) is 298 Å². The third-order valence-electron chi connectivity index (χ3n) is 16.4. The van der Waals surface area contributed by atoms with Crippen molar-refractivity contribution in [3.8, 4) is 0 Å². The van der Waals surface area contributed by atoms with Gasteiger partial charge in [0.25, 0.3) is 23.6 Å². The molecule has 0 fully saturated rings. The number of rotatable bonds is 52. The van der Waals surface area contributed by atoms with E-state index < -0.39 is 17.6 Å². The van der Waals surface area contributed by atoms with E-state index in [1.165, 1.54) is 179 Å². The summed E-state index contributed by atoms with van der Waals surface area (Å²) in [5.74, 6) is -1.25. The summed E-state index contributed by atoms with van der Waals surface area (Å²) >= 11 is 0. The van der Waals surface area contributed by atoms with Crippen molar-refractivity contribution in [3.63, 3.8) is 0 Å². The van der Waals surface area contributed by atoms with Crippen LogP contribution in [-0.2, 0) is 0 Å². The lowest BCUT2D eigenvalue weighted by Gasteiger charge is -2.18. The second kappa shape index (κ2) is 47.8. The Kier molecular flexibility index (Phi) is 42.9. The summed E-state index contributed by atoms with van der Waals surface area (Å²) in [6.45, 7) is 15.1. The lowest BCUT2D eigenvalue weighted by atomic mass is 9.94. The van der Waals surface area contributed by atoms with Crippen LogP contribution in [0.2, 0.25) is 0 Å². The molecule has 444 valence electrons. The number of nitrogens with one attached hydrogen (secondary N) is 4. The first kappa shape index (κ1) is 70.1. The highest BCUT2D eigenvalue weighted by atomic mass is 16.2. The number of carbonyl (C=O) groups excluding carboxylic acids is 5. The smallest absolute Gasteiger partial charge is 0.252 e. The predicted molar refractivity (Wildman–Crippen MR) is 331 cm³/mol. The number of hydrogen-bond acceptors (Lipinski definition) is 5. The molecule has 0 aliphatic carbocycles. The van der Waals surface area contributed by atoms with E-state index in [1.54, 1.807) is 24.3 Å². The van der Waals surface area contributed by atoms with E-state index in [4.69, 9.17) is 0 Å². The monoisotopic (exact) mass is 1080 g/mol. The quantitative estimate of drug-likeness (QED) is 0.0387. The van der Waals surface area contributed by atoms with E-state index in [0.717, 1.165) is 89.9 Å². The average Bonchev–Trinajstić information content (AvgIpc) is 3.47. The third kappa shape index (κ3) is 32.3. The summed E-state index contributed by atoms with van der Waals surface area (Å²) in [5.41, 5.74) is 1.21. The van der Waals surface area contributed by atoms with E-state index in [1.807, 2.05) is 0 Å². The van der Waals surface area contributed by atoms with Crippen LogP contribution >= 0.6 is 0 Å². The highest BCUT2D eigenvalue weighted by molar-refractivity contribution is 6.15. The van der Waals surface area contributed by atoms with E-state index in [9.17, 15) is 24.0 Å². The molecule has 0 saturated heterocycles. The standard InChI is InChI=1S/C69H118N4O5/c1-7-13-17-19-21-23-25-27-29-31-33-35-37-39-41-43-51-70-66(75)61-49-47-59(53-63(61)68(77)72-55-57(11-5)45-15-9-3)65(74)60-48-50-62(64(54-60)69(78)73-56-58(12-6)46-16-10-4)67(76)71-52-44-42-40-38-36-34-32-30-28-26-24-22-20-18-14-8-2/h47-50,53-54,57-58H,7-46,51-52,55-56H2,1-6H3,(H,70,75)(H,71,76)(H,72,77)(H,73,78). The Hall–Kier alpha value is -4.01. The molecule has 0 spiro atoms. The first-order valence-electron chi connectivity index (χ1n) is 33.1. The molecule has 2 aromatic rings. The van der Waals surface area contributed by atoms with Crippen LogP contribution in [0.15, 0.2) is 36.4 Å². The summed E-state index contributed by atoms with van der Waals surface area (Å²) in [7, 11) is 0. The molecular formula is C69H118N4O5. The van der Waals surface area contributed by atoms with Gasteiger partial charge in [0.05, 0.1) is 22.3 Å². The van der Waals surface area contributed by atoms with Gasteiger partial charge in [0.2, 0.25) is 0 Å². The molecule has 78 heavy (non-hydrogen) atoms. The van der Waals surface area contributed by atoms with Gasteiger partial charge in [-0.25, -0.2) is 0 Å². The van der Waals surface area contributed by atoms with Gasteiger partial charge in [-0.3, -0.25) is 24.0 Å². The summed E-state index contributed by atoms with van der Waals surface area (Å²) in [4.78, 5) is 70.2. The molecule has 2 rings (SSSR count). The average molecular weight is 1080 g/mol. The van der Waals surface area contributed by atoms with Crippen LogP contribution < -0.4 is 21.3 Å². The van der Waals surface area contributed by atoms with Gasteiger partial charge in [-0.15, -0.1) is 0 Å². The summed E-state index contributed by atoms with van der Waals surface area (Å²) in [5, 5.41) is 12.3. The Balaban J connectivity index is 2.11. The molecule has 2 unspecified atom stereocenters. The van der Waals surface area contributed by atoms with Crippen molar-refractivity contribution in [2.75, 3.05) is 26.2 Å². The van der Waals surface area contributed by atoms with Crippen molar-refractivity contribution >= 4 is 29.4 Å². The van der Waals surface area contributed by atoms with Crippen LogP contribution in [0.1, 0.15) is 356 Å². The van der Waals surface area contributed by atoms with Crippen LogP contribution in [0.3, 0.4) is 0 Å². The SMILES string of the molecule is CCCCCCCCCCCCCCCCCCNC(=O)c1ccc(C(=O)c2ccc(C(=O)NCCCCCCCCCCCCCCCCCC)c(C(=O)NCC(CC)CCCC)c2)cc1C(=O)NCC(CC)CCCC.